The largest absolute Gasteiger partial charge is 0.360 e. The summed E-state index contributed by atoms with van der Waals surface area (Å²) in [6.45, 7) is 1.34. The number of benzene rings is 1. The average molecular weight is 261 g/mol. The van der Waals surface area contributed by atoms with Gasteiger partial charge in [-0.1, -0.05) is 17.3 Å². The van der Waals surface area contributed by atoms with Gasteiger partial charge in [0.1, 0.15) is 11.6 Å². The van der Waals surface area contributed by atoms with E-state index in [0.29, 0.717) is 13.0 Å². The Kier molecular flexibility index (Phi) is 3.00. The van der Waals surface area contributed by atoms with E-state index in [-0.39, 0.29) is 11.4 Å². The van der Waals surface area contributed by atoms with Crippen molar-refractivity contribution < 1.29 is 13.7 Å². The van der Waals surface area contributed by atoms with Gasteiger partial charge in [0.25, 0.3) is 5.91 Å². The number of nitrogens with zero attached hydrogens (tertiary/aromatic N) is 1. The van der Waals surface area contributed by atoms with E-state index in [1.54, 1.807) is 12.1 Å². The predicted octanol–water partition coefficient (Wildman–Crippen LogP) is 1.71. The van der Waals surface area contributed by atoms with Crippen LogP contribution >= 0.6 is 0 Å². The lowest BCUT2D eigenvalue weighted by molar-refractivity contribution is 0.101. The molecule has 0 radical (unpaired) electrons. The Morgan fingerprint density at radius 1 is 1.42 bits per heavy atom. The number of fused-ring (bicyclic) bond motifs is 1. The third kappa shape index (κ3) is 2.22. The van der Waals surface area contributed by atoms with Crippen molar-refractivity contribution in [2.45, 2.75) is 13.0 Å². The summed E-state index contributed by atoms with van der Waals surface area (Å²) < 4.78 is 18.6. The maximum atomic E-state index is 13.5. The lowest BCUT2D eigenvalue weighted by Gasteiger charge is -2.11. The van der Waals surface area contributed by atoms with Crippen LogP contribution in [0.3, 0.4) is 0 Å². The van der Waals surface area contributed by atoms with Gasteiger partial charge in [0.05, 0.1) is 5.69 Å². The normalized spacial score (nSPS) is 13.9. The summed E-state index contributed by atoms with van der Waals surface area (Å²) >= 11 is 0. The highest BCUT2D eigenvalue weighted by molar-refractivity contribution is 6.04. The van der Waals surface area contributed by atoms with Crippen LogP contribution in [0.15, 0.2) is 28.8 Å². The molecule has 0 bridgehead atoms. The van der Waals surface area contributed by atoms with E-state index in [0.717, 1.165) is 17.9 Å². The number of rotatable bonds is 2. The number of aromatic nitrogens is 1. The summed E-state index contributed by atoms with van der Waals surface area (Å²) in [6.07, 6.45) is 0.704. The fourth-order valence-electron chi connectivity index (χ4n) is 2.06. The van der Waals surface area contributed by atoms with Crippen LogP contribution in [-0.4, -0.2) is 17.6 Å². The van der Waals surface area contributed by atoms with E-state index in [1.807, 2.05) is 0 Å². The molecule has 1 aromatic carbocycles. The van der Waals surface area contributed by atoms with Gasteiger partial charge < -0.3 is 15.2 Å². The van der Waals surface area contributed by atoms with Crippen molar-refractivity contribution in [3.05, 3.63) is 47.1 Å². The van der Waals surface area contributed by atoms with E-state index in [9.17, 15) is 9.18 Å². The molecule has 0 saturated heterocycles. The van der Waals surface area contributed by atoms with Gasteiger partial charge in [-0.15, -0.1) is 0 Å². The molecule has 0 saturated carbocycles. The first-order valence-electron chi connectivity index (χ1n) is 5.99. The zero-order valence-corrected chi connectivity index (χ0v) is 10.1. The first-order valence-corrected chi connectivity index (χ1v) is 5.99. The minimum Gasteiger partial charge on any atom is -0.360 e. The highest BCUT2D eigenvalue weighted by Gasteiger charge is 2.24. The Labute approximate surface area is 108 Å². The minimum absolute atomic E-state index is 0.132. The van der Waals surface area contributed by atoms with Gasteiger partial charge in [0, 0.05) is 25.1 Å². The molecule has 0 fully saturated rings. The van der Waals surface area contributed by atoms with Crippen LogP contribution in [0, 0.1) is 5.82 Å². The summed E-state index contributed by atoms with van der Waals surface area (Å²) in [7, 11) is 0. The Morgan fingerprint density at radius 2 is 2.26 bits per heavy atom. The van der Waals surface area contributed by atoms with Crippen LogP contribution in [0.4, 0.5) is 10.1 Å². The molecule has 0 atom stereocenters. The Balaban J connectivity index is 1.85. The number of carbonyl (C=O) groups excluding carboxylic acids is 1. The van der Waals surface area contributed by atoms with Crippen LogP contribution in [0.2, 0.25) is 0 Å². The van der Waals surface area contributed by atoms with Crippen LogP contribution in [0.1, 0.15) is 21.8 Å². The minimum atomic E-state index is -0.480. The van der Waals surface area contributed by atoms with Crippen molar-refractivity contribution in [2.24, 2.45) is 0 Å². The van der Waals surface area contributed by atoms with Crippen molar-refractivity contribution in [1.82, 2.24) is 10.5 Å². The van der Waals surface area contributed by atoms with Crippen molar-refractivity contribution >= 4 is 11.6 Å². The van der Waals surface area contributed by atoms with Crippen molar-refractivity contribution in [3.8, 4) is 0 Å². The second kappa shape index (κ2) is 4.81. The standard InChI is InChI=1S/C13H12FN3O2/c14-9-3-1-2-4-10(9)16-13(18)12-8-7-15-6-5-11(8)19-17-12/h1-4,15H,5-7H2,(H,16,18). The van der Waals surface area contributed by atoms with Crippen LogP contribution in [0.25, 0.3) is 0 Å². The molecule has 6 heteroatoms. The number of anilines is 1. The Hall–Kier alpha value is -2.21. The quantitative estimate of drug-likeness (QED) is 0.863. The first kappa shape index (κ1) is 11.9. The van der Waals surface area contributed by atoms with Gasteiger partial charge in [-0.05, 0) is 12.1 Å². The Morgan fingerprint density at radius 3 is 3.11 bits per heavy atom. The smallest absolute Gasteiger partial charge is 0.278 e. The summed E-state index contributed by atoms with van der Waals surface area (Å²) in [5.74, 6) is -0.220. The molecule has 0 unspecified atom stereocenters. The predicted molar refractivity (Wildman–Crippen MR) is 66.3 cm³/mol. The second-order valence-corrected chi connectivity index (χ2v) is 4.29. The molecular weight excluding hydrogens is 249 g/mol. The van der Waals surface area contributed by atoms with Crippen molar-refractivity contribution in [2.75, 3.05) is 11.9 Å². The van der Waals surface area contributed by atoms with Gasteiger partial charge in [0.2, 0.25) is 0 Å². The second-order valence-electron chi connectivity index (χ2n) is 4.29. The molecule has 2 N–H and O–H groups in total. The van der Waals surface area contributed by atoms with Crippen LogP contribution in [0.5, 0.6) is 0 Å². The summed E-state index contributed by atoms with van der Waals surface area (Å²) in [5, 5.41) is 9.42. The fraction of sp³-hybridized carbons (Fsp3) is 0.231. The number of halogens is 1. The molecule has 2 aromatic rings. The first-order chi connectivity index (χ1) is 9.25. The van der Waals surface area contributed by atoms with E-state index in [1.165, 1.54) is 12.1 Å². The SMILES string of the molecule is O=C(Nc1ccccc1F)c1noc2c1CNCC2. The van der Waals surface area contributed by atoms with E-state index in [2.05, 4.69) is 15.8 Å². The van der Waals surface area contributed by atoms with Gasteiger partial charge in [0.15, 0.2) is 5.69 Å². The number of para-hydroxylation sites is 1. The molecule has 98 valence electrons. The summed E-state index contributed by atoms with van der Waals surface area (Å²) in [4.78, 5) is 12.1. The van der Waals surface area contributed by atoms with E-state index >= 15 is 0 Å². The van der Waals surface area contributed by atoms with Gasteiger partial charge >= 0.3 is 0 Å². The molecule has 1 aromatic heterocycles. The van der Waals surface area contributed by atoms with E-state index in [4.69, 9.17) is 4.52 Å². The number of hydrogen-bond acceptors (Lipinski definition) is 4. The van der Waals surface area contributed by atoms with Gasteiger partial charge in [-0.2, -0.15) is 0 Å². The highest BCUT2D eigenvalue weighted by Crippen LogP contribution is 2.20. The molecule has 1 aliphatic heterocycles. The fourth-order valence-corrected chi connectivity index (χ4v) is 2.06. The molecule has 1 aliphatic rings. The number of amides is 1. The molecule has 0 aliphatic carbocycles. The molecule has 1 amide bonds. The molecular formula is C13H12FN3O2. The van der Waals surface area contributed by atoms with Gasteiger partial charge in [-0.3, -0.25) is 4.79 Å². The zero-order valence-electron chi connectivity index (χ0n) is 10.1. The zero-order chi connectivity index (χ0) is 13.2. The number of nitrogens with one attached hydrogen (secondary N) is 2. The summed E-state index contributed by atoms with van der Waals surface area (Å²) in [6, 6.07) is 6.00. The maximum Gasteiger partial charge on any atom is 0.278 e. The number of carbonyl (C=O) groups is 1. The van der Waals surface area contributed by atoms with Crippen molar-refractivity contribution in [3.63, 3.8) is 0 Å². The lowest BCUT2D eigenvalue weighted by atomic mass is 10.1. The Bertz CT molecular complexity index is 624. The van der Waals surface area contributed by atoms with Crippen molar-refractivity contribution in [1.29, 1.82) is 0 Å². The molecule has 5 nitrogen and oxygen atoms in total. The molecule has 2 heterocycles. The van der Waals surface area contributed by atoms with Crippen LogP contribution in [-0.2, 0) is 13.0 Å². The third-order valence-corrected chi connectivity index (χ3v) is 3.04. The molecule has 0 spiro atoms. The highest BCUT2D eigenvalue weighted by atomic mass is 19.1. The lowest BCUT2D eigenvalue weighted by Crippen LogP contribution is -2.25. The monoisotopic (exact) mass is 261 g/mol. The molecule has 3 rings (SSSR count). The topological polar surface area (TPSA) is 67.2 Å². The van der Waals surface area contributed by atoms with E-state index < -0.39 is 11.7 Å². The van der Waals surface area contributed by atoms with Crippen LogP contribution < -0.4 is 10.6 Å². The number of hydrogen-bond donors (Lipinski definition) is 2. The maximum absolute atomic E-state index is 13.5. The summed E-state index contributed by atoms with van der Waals surface area (Å²) in [5.41, 5.74) is 1.10. The molecule has 19 heavy (non-hydrogen) atoms. The van der Waals surface area contributed by atoms with Gasteiger partial charge in [-0.25, -0.2) is 4.39 Å². The third-order valence-electron chi connectivity index (χ3n) is 3.04. The average Bonchev–Trinajstić information content (AvgIpc) is 2.85.